The summed E-state index contributed by atoms with van der Waals surface area (Å²) >= 11 is 3.25. The largest absolute Gasteiger partial charge is 0.432 e. The Hall–Kier alpha value is -1.30. The van der Waals surface area contributed by atoms with Crippen LogP contribution in [0.25, 0.3) is 11.4 Å². The van der Waals surface area contributed by atoms with Gasteiger partial charge in [-0.25, -0.2) is 4.98 Å². The highest BCUT2D eigenvalue weighted by Crippen LogP contribution is 2.31. The van der Waals surface area contributed by atoms with Crippen LogP contribution in [0.2, 0.25) is 0 Å². The summed E-state index contributed by atoms with van der Waals surface area (Å²) in [6.45, 7) is 0. The molecule has 84 valence electrons. The van der Waals surface area contributed by atoms with Gasteiger partial charge in [-0.3, -0.25) is 0 Å². The smallest absolute Gasteiger partial charge is 0.334 e. The van der Waals surface area contributed by atoms with Crippen LogP contribution in [0.15, 0.2) is 34.9 Å². The molecule has 2 nitrogen and oxygen atoms in total. The third-order valence-corrected chi connectivity index (χ3v) is 2.70. The van der Waals surface area contributed by atoms with E-state index in [2.05, 4.69) is 25.9 Å². The zero-order valence-corrected chi connectivity index (χ0v) is 9.43. The topological polar surface area (TPSA) is 28.7 Å². The SMILES string of the molecule is FC(F)(F)c1cnc(-c2ccccc2Br)[nH]1. The Morgan fingerprint density at radius 3 is 2.44 bits per heavy atom. The van der Waals surface area contributed by atoms with E-state index < -0.39 is 11.9 Å². The highest BCUT2D eigenvalue weighted by atomic mass is 79.9. The Balaban J connectivity index is 2.44. The molecule has 0 aliphatic carbocycles. The van der Waals surface area contributed by atoms with Crippen LogP contribution in [0.5, 0.6) is 0 Å². The van der Waals surface area contributed by atoms with Gasteiger partial charge in [-0.2, -0.15) is 13.2 Å². The molecule has 0 spiro atoms. The second-order valence-corrected chi connectivity index (χ2v) is 3.98. The molecule has 0 atom stereocenters. The van der Waals surface area contributed by atoms with Crippen molar-refractivity contribution in [2.75, 3.05) is 0 Å². The third-order valence-electron chi connectivity index (χ3n) is 2.01. The third kappa shape index (κ3) is 2.11. The Morgan fingerprint density at radius 2 is 1.88 bits per heavy atom. The molecule has 0 amide bonds. The van der Waals surface area contributed by atoms with Crippen LogP contribution in [-0.2, 0) is 6.18 Å². The van der Waals surface area contributed by atoms with E-state index in [4.69, 9.17) is 0 Å². The first-order valence-electron chi connectivity index (χ1n) is 4.35. The predicted octanol–water partition coefficient (Wildman–Crippen LogP) is 3.86. The lowest BCUT2D eigenvalue weighted by Crippen LogP contribution is -2.04. The second kappa shape index (κ2) is 3.93. The molecule has 1 heterocycles. The molecule has 0 bridgehead atoms. The zero-order chi connectivity index (χ0) is 11.8. The number of H-pyrrole nitrogens is 1. The minimum absolute atomic E-state index is 0.194. The Morgan fingerprint density at radius 1 is 1.19 bits per heavy atom. The summed E-state index contributed by atoms with van der Waals surface area (Å²) in [7, 11) is 0. The molecule has 1 aromatic heterocycles. The number of aromatic amines is 1. The van der Waals surface area contributed by atoms with Crippen molar-refractivity contribution in [1.29, 1.82) is 0 Å². The number of aromatic nitrogens is 2. The molecule has 0 fully saturated rings. The first-order valence-corrected chi connectivity index (χ1v) is 5.15. The lowest BCUT2D eigenvalue weighted by Gasteiger charge is -2.02. The van der Waals surface area contributed by atoms with Crippen molar-refractivity contribution < 1.29 is 13.2 Å². The van der Waals surface area contributed by atoms with Crippen LogP contribution in [0.4, 0.5) is 13.2 Å². The molecule has 1 N–H and O–H groups in total. The first-order chi connectivity index (χ1) is 7.48. The van der Waals surface area contributed by atoms with Crippen LogP contribution in [-0.4, -0.2) is 9.97 Å². The van der Waals surface area contributed by atoms with E-state index in [0.717, 1.165) is 6.20 Å². The quantitative estimate of drug-likeness (QED) is 0.849. The number of benzene rings is 1. The molecule has 0 aliphatic rings. The Bertz CT molecular complexity index is 505. The fourth-order valence-electron chi connectivity index (χ4n) is 1.26. The minimum Gasteiger partial charge on any atom is -0.334 e. The molecular formula is C10H6BrF3N2. The molecule has 6 heteroatoms. The molecule has 2 rings (SSSR count). The summed E-state index contributed by atoms with van der Waals surface area (Å²) in [5.74, 6) is 0.194. The van der Waals surface area contributed by atoms with Crippen molar-refractivity contribution in [2.45, 2.75) is 6.18 Å². The molecule has 0 saturated heterocycles. The van der Waals surface area contributed by atoms with Gasteiger partial charge in [-0.1, -0.05) is 34.1 Å². The lowest BCUT2D eigenvalue weighted by atomic mass is 10.2. The fraction of sp³-hybridized carbons (Fsp3) is 0.100. The van der Waals surface area contributed by atoms with Gasteiger partial charge in [-0.05, 0) is 6.07 Å². The maximum Gasteiger partial charge on any atom is 0.432 e. The van der Waals surface area contributed by atoms with Crippen molar-refractivity contribution in [3.05, 3.63) is 40.6 Å². The van der Waals surface area contributed by atoms with Crippen LogP contribution in [0, 0.1) is 0 Å². The van der Waals surface area contributed by atoms with Crippen molar-refractivity contribution >= 4 is 15.9 Å². The van der Waals surface area contributed by atoms with Crippen LogP contribution in [0.3, 0.4) is 0 Å². The van der Waals surface area contributed by atoms with E-state index in [1.165, 1.54) is 0 Å². The number of rotatable bonds is 1. The number of hydrogen-bond acceptors (Lipinski definition) is 1. The second-order valence-electron chi connectivity index (χ2n) is 3.12. The Kier molecular flexibility index (Phi) is 2.75. The van der Waals surface area contributed by atoms with E-state index in [1.54, 1.807) is 24.3 Å². The molecule has 0 saturated carbocycles. The minimum atomic E-state index is -4.40. The van der Waals surface area contributed by atoms with E-state index in [1.807, 2.05) is 0 Å². The summed E-state index contributed by atoms with van der Waals surface area (Å²) < 4.78 is 37.7. The number of hydrogen-bond donors (Lipinski definition) is 1. The molecule has 2 aromatic rings. The molecule has 0 aliphatic heterocycles. The van der Waals surface area contributed by atoms with Crippen molar-refractivity contribution in [2.24, 2.45) is 0 Å². The van der Waals surface area contributed by atoms with E-state index in [-0.39, 0.29) is 5.82 Å². The average Bonchev–Trinajstić information content (AvgIpc) is 2.66. The zero-order valence-electron chi connectivity index (χ0n) is 7.85. The summed E-state index contributed by atoms with van der Waals surface area (Å²) in [5, 5.41) is 0. The van der Waals surface area contributed by atoms with Crippen LogP contribution >= 0.6 is 15.9 Å². The van der Waals surface area contributed by atoms with Gasteiger partial charge in [0.25, 0.3) is 0 Å². The molecule has 0 unspecified atom stereocenters. The van der Waals surface area contributed by atoms with Gasteiger partial charge in [0, 0.05) is 10.0 Å². The van der Waals surface area contributed by atoms with E-state index >= 15 is 0 Å². The maximum atomic E-state index is 12.3. The number of nitrogens with one attached hydrogen (secondary N) is 1. The molecule has 0 radical (unpaired) electrons. The molecule has 16 heavy (non-hydrogen) atoms. The highest BCUT2D eigenvalue weighted by molar-refractivity contribution is 9.10. The van der Waals surface area contributed by atoms with Gasteiger partial charge < -0.3 is 4.98 Å². The van der Waals surface area contributed by atoms with Crippen molar-refractivity contribution in [3.63, 3.8) is 0 Å². The van der Waals surface area contributed by atoms with Gasteiger partial charge in [0.2, 0.25) is 0 Å². The van der Waals surface area contributed by atoms with Crippen molar-refractivity contribution in [1.82, 2.24) is 9.97 Å². The number of alkyl halides is 3. The highest BCUT2D eigenvalue weighted by Gasteiger charge is 2.33. The molecule has 1 aromatic carbocycles. The van der Waals surface area contributed by atoms with Gasteiger partial charge in [0.05, 0.1) is 6.20 Å². The normalized spacial score (nSPS) is 11.8. The monoisotopic (exact) mass is 290 g/mol. The van der Waals surface area contributed by atoms with E-state index in [9.17, 15) is 13.2 Å². The number of imidazole rings is 1. The first kappa shape index (κ1) is 11.2. The van der Waals surface area contributed by atoms with E-state index in [0.29, 0.717) is 10.0 Å². The fourth-order valence-corrected chi connectivity index (χ4v) is 1.73. The lowest BCUT2D eigenvalue weighted by molar-refractivity contribution is -0.140. The van der Waals surface area contributed by atoms with Gasteiger partial charge in [0.15, 0.2) is 0 Å². The predicted molar refractivity (Wildman–Crippen MR) is 56.7 cm³/mol. The molecular weight excluding hydrogens is 285 g/mol. The summed E-state index contributed by atoms with van der Waals surface area (Å²) in [6.07, 6.45) is -3.61. The number of nitrogens with zero attached hydrogens (tertiary/aromatic N) is 1. The average molecular weight is 291 g/mol. The van der Waals surface area contributed by atoms with Crippen molar-refractivity contribution in [3.8, 4) is 11.4 Å². The van der Waals surface area contributed by atoms with Crippen LogP contribution in [0.1, 0.15) is 5.69 Å². The summed E-state index contributed by atoms with van der Waals surface area (Å²) in [5.41, 5.74) is -0.253. The van der Waals surface area contributed by atoms with Gasteiger partial charge in [0.1, 0.15) is 11.5 Å². The van der Waals surface area contributed by atoms with Gasteiger partial charge >= 0.3 is 6.18 Å². The standard InChI is InChI=1S/C10H6BrF3N2/c11-7-4-2-1-3-6(7)9-15-5-8(16-9)10(12,13)14/h1-5H,(H,15,16). The number of halogens is 4. The Labute approximate surface area is 97.6 Å². The summed E-state index contributed by atoms with van der Waals surface area (Å²) in [4.78, 5) is 5.95. The maximum absolute atomic E-state index is 12.3. The summed E-state index contributed by atoms with van der Waals surface area (Å²) in [6, 6.07) is 6.94. The van der Waals surface area contributed by atoms with Gasteiger partial charge in [-0.15, -0.1) is 0 Å². The van der Waals surface area contributed by atoms with Crippen LogP contribution < -0.4 is 0 Å².